The molecule has 42 heavy (non-hydrogen) atoms. The molecule has 1 aliphatic heterocycles. The van der Waals surface area contributed by atoms with Crippen molar-refractivity contribution in [3.05, 3.63) is 70.3 Å². The molecule has 1 fully saturated rings. The van der Waals surface area contributed by atoms with E-state index in [0.717, 1.165) is 51.0 Å². The van der Waals surface area contributed by atoms with Gasteiger partial charge in [-0.15, -0.1) is 11.3 Å². The van der Waals surface area contributed by atoms with Gasteiger partial charge in [-0.1, -0.05) is 6.07 Å². The minimum absolute atomic E-state index is 0.0322. The van der Waals surface area contributed by atoms with Crippen molar-refractivity contribution in [1.82, 2.24) is 14.4 Å². The van der Waals surface area contributed by atoms with Crippen LogP contribution in [0.2, 0.25) is 0 Å². The van der Waals surface area contributed by atoms with Crippen LogP contribution in [0.5, 0.6) is 5.75 Å². The van der Waals surface area contributed by atoms with Crippen molar-refractivity contribution in [2.45, 2.75) is 19.6 Å². The van der Waals surface area contributed by atoms with Crippen LogP contribution in [-0.4, -0.2) is 96.3 Å². The Morgan fingerprint density at radius 3 is 2.52 bits per heavy atom. The predicted molar refractivity (Wildman–Crippen MR) is 166 cm³/mol. The molecule has 0 atom stereocenters. The second-order valence-corrected chi connectivity index (χ2v) is 11.2. The van der Waals surface area contributed by atoms with Gasteiger partial charge in [-0.2, -0.15) is 0 Å². The largest absolute Gasteiger partial charge is 0.494 e. The molecule has 0 aliphatic carbocycles. The second kappa shape index (κ2) is 14.5. The molecule has 10 nitrogen and oxygen atoms in total. The molecule has 0 spiro atoms. The van der Waals surface area contributed by atoms with Crippen molar-refractivity contribution in [2.75, 3.05) is 70.5 Å². The number of rotatable bonds is 13. The third kappa shape index (κ3) is 7.22. The minimum Gasteiger partial charge on any atom is -0.494 e. The number of carbonyl (C=O) groups excluding carboxylic acids is 1. The fourth-order valence-electron chi connectivity index (χ4n) is 5.33. The highest BCUT2D eigenvalue weighted by atomic mass is 32.1. The molecule has 224 valence electrons. The van der Waals surface area contributed by atoms with Gasteiger partial charge < -0.3 is 29.5 Å². The molecule has 1 saturated heterocycles. The summed E-state index contributed by atoms with van der Waals surface area (Å²) in [5, 5.41) is 22.6. The molecule has 2 aromatic heterocycles. The molecule has 0 unspecified atom stereocenters. The summed E-state index contributed by atoms with van der Waals surface area (Å²) in [6.45, 7) is 5.01. The quantitative estimate of drug-likeness (QED) is 0.226. The average molecular weight is 595 g/mol. The number of anilines is 1. The minimum atomic E-state index is -0.712. The Kier molecular flexibility index (Phi) is 10.3. The maximum Gasteiger partial charge on any atom is 0.411 e. The third-order valence-corrected chi connectivity index (χ3v) is 8.48. The number of aliphatic hydroxyl groups excluding tert-OH is 2. The van der Waals surface area contributed by atoms with E-state index in [1.165, 1.54) is 31.3 Å². The summed E-state index contributed by atoms with van der Waals surface area (Å²) in [6.07, 6.45) is 1.24. The predicted octanol–water partition coefficient (Wildman–Crippen LogP) is 3.58. The van der Waals surface area contributed by atoms with Crippen molar-refractivity contribution in [3.8, 4) is 5.75 Å². The summed E-state index contributed by atoms with van der Waals surface area (Å²) in [6, 6.07) is 17.5. The molecule has 1 aliphatic rings. The zero-order valence-electron chi connectivity index (χ0n) is 23.7. The van der Waals surface area contributed by atoms with E-state index < -0.39 is 6.09 Å². The maximum absolute atomic E-state index is 12.6. The molecule has 0 saturated carbocycles. The van der Waals surface area contributed by atoms with Crippen LogP contribution in [0.25, 0.3) is 21.0 Å². The number of hydrogen-bond donors (Lipinski definition) is 2. The van der Waals surface area contributed by atoms with E-state index in [1.807, 2.05) is 12.1 Å². The van der Waals surface area contributed by atoms with E-state index >= 15 is 0 Å². The maximum atomic E-state index is 12.6. The Balaban J connectivity index is 1.09. The summed E-state index contributed by atoms with van der Waals surface area (Å²) in [5.74, 6) is 0.645. The summed E-state index contributed by atoms with van der Waals surface area (Å²) >= 11 is 1.79. The number of unbranched alkanes of at least 4 members (excludes halogenated alkanes) is 1. The highest BCUT2D eigenvalue weighted by Gasteiger charge is 2.19. The number of benzene rings is 2. The molecule has 2 aromatic carbocycles. The lowest BCUT2D eigenvalue weighted by Crippen LogP contribution is -2.46. The Hall–Kier alpha value is -3.64. The van der Waals surface area contributed by atoms with E-state index in [-0.39, 0.29) is 38.6 Å². The van der Waals surface area contributed by atoms with Gasteiger partial charge in [-0.3, -0.25) is 14.3 Å². The van der Waals surface area contributed by atoms with Crippen LogP contribution in [0.15, 0.2) is 64.8 Å². The SMILES string of the molecule is O=C(OCn1c(=O)ccc2ccc(OCCCCN3CCN(c4cccc5sccc45)CC3)cc21)N(CCO)CCO. The number of fused-ring (bicyclic) bond motifs is 2. The summed E-state index contributed by atoms with van der Waals surface area (Å²) < 4.78 is 14.1. The first-order chi connectivity index (χ1) is 20.6. The molecular formula is C31H38N4O6S. The number of nitrogens with zero attached hydrogens (tertiary/aromatic N) is 4. The fraction of sp³-hybridized carbons (Fsp3) is 0.419. The van der Waals surface area contributed by atoms with Gasteiger partial charge in [0.2, 0.25) is 0 Å². The first-order valence-corrected chi connectivity index (χ1v) is 15.3. The number of amides is 1. The van der Waals surface area contributed by atoms with Gasteiger partial charge in [0.05, 0.1) is 25.3 Å². The molecular weight excluding hydrogens is 556 g/mol. The highest BCUT2D eigenvalue weighted by Crippen LogP contribution is 2.31. The van der Waals surface area contributed by atoms with Crippen molar-refractivity contribution in [1.29, 1.82) is 0 Å². The van der Waals surface area contributed by atoms with Crippen molar-refractivity contribution < 1.29 is 24.5 Å². The van der Waals surface area contributed by atoms with E-state index in [9.17, 15) is 9.59 Å². The van der Waals surface area contributed by atoms with Crippen LogP contribution in [-0.2, 0) is 11.5 Å². The molecule has 11 heteroatoms. The number of aromatic nitrogens is 1. The van der Waals surface area contributed by atoms with E-state index in [2.05, 4.69) is 39.4 Å². The Labute approximate surface area is 248 Å². The van der Waals surface area contributed by atoms with Gasteiger partial charge in [0.1, 0.15) is 5.75 Å². The van der Waals surface area contributed by atoms with Gasteiger partial charge in [-0.05, 0) is 66.6 Å². The highest BCUT2D eigenvalue weighted by molar-refractivity contribution is 7.17. The average Bonchev–Trinajstić information content (AvgIpc) is 3.50. The molecule has 4 aromatic rings. The van der Waals surface area contributed by atoms with Gasteiger partial charge in [0.25, 0.3) is 5.56 Å². The first kappa shape index (κ1) is 29.8. The summed E-state index contributed by atoms with van der Waals surface area (Å²) in [7, 11) is 0. The number of piperazine rings is 1. The topological polar surface area (TPSA) is 108 Å². The number of hydrogen-bond acceptors (Lipinski definition) is 9. The fourth-order valence-corrected chi connectivity index (χ4v) is 6.14. The van der Waals surface area contributed by atoms with E-state index in [4.69, 9.17) is 19.7 Å². The Bertz CT molecular complexity index is 1520. The van der Waals surface area contributed by atoms with Gasteiger partial charge in [-0.25, -0.2) is 4.79 Å². The normalized spacial score (nSPS) is 14.0. The van der Waals surface area contributed by atoms with E-state index in [0.29, 0.717) is 17.9 Å². The molecule has 5 rings (SSSR count). The Morgan fingerprint density at radius 2 is 1.74 bits per heavy atom. The van der Waals surface area contributed by atoms with Gasteiger partial charge in [0.15, 0.2) is 6.73 Å². The zero-order valence-corrected chi connectivity index (χ0v) is 24.5. The van der Waals surface area contributed by atoms with E-state index in [1.54, 1.807) is 23.5 Å². The van der Waals surface area contributed by atoms with Crippen molar-refractivity contribution in [2.24, 2.45) is 0 Å². The molecule has 3 heterocycles. The number of pyridine rings is 1. The van der Waals surface area contributed by atoms with Crippen molar-refractivity contribution >= 4 is 44.1 Å². The molecule has 0 bridgehead atoms. The summed E-state index contributed by atoms with van der Waals surface area (Å²) in [5.41, 5.74) is 1.63. The monoisotopic (exact) mass is 594 g/mol. The first-order valence-electron chi connectivity index (χ1n) is 14.4. The van der Waals surface area contributed by atoms with Crippen LogP contribution in [0.4, 0.5) is 10.5 Å². The number of aliphatic hydroxyl groups is 2. The number of ether oxygens (including phenoxy) is 2. The molecule has 1 amide bonds. The lowest BCUT2D eigenvalue weighted by molar-refractivity contribution is 0.0641. The van der Waals surface area contributed by atoms with Crippen LogP contribution < -0.4 is 15.2 Å². The van der Waals surface area contributed by atoms with Crippen LogP contribution in [0.3, 0.4) is 0 Å². The number of thiophene rings is 1. The van der Waals surface area contributed by atoms with Gasteiger partial charge >= 0.3 is 6.09 Å². The second-order valence-electron chi connectivity index (χ2n) is 10.3. The zero-order chi connectivity index (χ0) is 29.3. The van der Waals surface area contributed by atoms with Crippen LogP contribution >= 0.6 is 11.3 Å². The smallest absolute Gasteiger partial charge is 0.411 e. The summed E-state index contributed by atoms with van der Waals surface area (Å²) in [4.78, 5) is 31.2. The standard InChI is InChI=1S/C31H38N4O6S/c36-18-16-34(17-19-37)31(39)41-23-35-28-22-25(8-6-24(28)7-9-30(35)38)40-20-2-1-11-32-12-14-33(15-13-32)27-4-3-5-29-26(27)10-21-42-29/h3-10,21-22,36-37H,1-2,11-20,23H2. The van der Waals surface area contributed by atoms with Crippen LogP contribution in [0.1, 0.15) is 12.8 Å². The third-order valence-electron chi connectivity index (χ3n) is 7.60. The molecule has 0 radical (unpaired) electrons. The number of carbonyl (C=O) groups is 1. The van der Waals surface area contributed by atoms with Gasteiger partial charge in [0, 0.05) is 67.2 Å². The molecule has 2 N–H and O–H groups in total. The lowest BCUT2D eigenvalue weighted by Gasteiger charge is -2.36. The van der Waals surface area contributed by atoms with Crippen molar-refractivity contribution in [3.63, 3.8) is 0 Å². The van der Waals surface area contributed by atoms with Crippen LogP contribution in [0, 0.1) is 0 Å². The lowest BCUT2D eigenvalue weighted by atomic mass is 10.2. The Morgan fingerprint density at radius 1 is 0.952 bits per heavy atom.